The Kier molecular flexibility index (Phi) is 6.69. The molecule has 1 N–H and O–H groups in total. The van der Waals surface area contributed by atoms with E-state index in [0.717, 1.165) is 33.8 Å². The van der Waals surface area contributed by atoms with Gasteiger partial charge < -0.3 is 10.2 Å². The third kappa shape index (κ3) is 5.25. The molecule has 31 heavy (non-hydrogen) atoms. The number of carbonyl (C=O) groups is 2. The summed E-state index contributed by atoms with van der Waals surface area (Å²) in [5, 5.41) is 2.79. The van der Waals surface area contributed by atoms with E-state index in [1.807, 2.05) is 39.0 Å². The van der Waals surface area contributed by atoms with E-state index in [0.29, 0.717) is 24.3 Å². The SMILES string of the molecule is Cc1ccc(NC(=O)CN(c2ccccc2C(C)C)S(C)(=O)=O)cc1N1CCCC1=O. The van der Waals surface area contributed by atoms with E-state index in [-0.39, 0.29) is 18.4 Å². The predicted molar refractivity (Wildman–Crippen MR) is 124 cm³/mol. The summed E-state index contributed by atoms with van der Waals surface area (Å²) in [5.74, 6) is -0.284. The fourth-order valence-electron chi connectivity index (χ4n) is 3.80. The van der Waals surface area contributed by atoms with Crippen LogP contribution in [0, 0.1) is 6.92 Å². The number of carbonyl (C=O) groups excluding carboxylic acids is 2. The van der Waals surface area contributed by atoms with E-state index >= 15 is 0 Å². The minimum atomic E-state index is -3.68. The first-order valence-corrected chi connectivity index (χ1v) is 12.2. The van der Waals surface area contributed by atoms with Crippen LogP contribution in [0.5, 0.6) is 0 Å². The minimum absolute atomic E-state index is 0.0696. The number of nitrogens with one attached hydrogen (secondary N) is 1. The molecule has 1 fully saturated rings. The van der Waals surface area contributed by atoms with Crippen LogP contribution >= 0.6 is 0 Å². The minimum Gasteiger partial charge on any atom is -0.324 e. The van der Waals surface area contributed by atoms with Crippen LogP contribution < -0.4 is 14.5 Å². The monoisotopic (exact) mass is 443 g/mol. The number of nitrogens with zero attached hydrogens (tertiary/aromatic N) is 2. The average molecular weight is 444 g/mol. The van der Waals surface area contributed by atoms with E-state index in [9.17, 15) is 18.0 Å². The van der Waals surface area contributed by atoms with E-state index in [1.54, 1.807) is 29.2 Å². The van der Waals surface area contributed by atoms with Gasteiger partial charge in [-0.05, 0) is 48.6 Å². The van der Waals surface area contributed by atoms with Gasteiger partial charge in [-0.1, -0.05) is 38.1 Å². The van der Waals surface area contributed by atoms with Crippen molar-refractivity contribution in [3.05, 3.63) is 53.6 Å². The first-order valence-electron chi connectivity index (χ1n) is 10.4. The molecule has 1 heterocycles. The van der Waals surface area contributed by atoms with Crippen molar-refractivity contribution in [2.24, 2.45) is 0 Å². The van der Waals surface area contributed by atoms with E-state index in [1.165, 1.54) is 0 Å². The summed E-state index contributed by atoms with van der Waals surface area (Å²) in [7, 11) is -3.68. The second-order valence-corrected chi connectivity index (χ2v) is 10.1. The van der Waals surface area contributed by atoms with Crippen molar-refractivity contribution in [2.45, 2.75) is 39.5 Å². The number of rotatable bonds is 7. The number of para-hydroxylation sites is 1. The number of anilines is 3. The van der Waals surface area contributed by atoms with Gasteiger partial charge in [0, 0.05) is 24.3 Å². The lowest BCUT2D eigenvalue weighted by Gasteiger charge is -2.26. The van der Waals surface area contributed by atoms with Crippen molar-refractivity contribution in [2.75, 3.05) is 33.9 Å². The van der Waals surface area contributed by atoms with Crippen LogP contribution in [0.4, 0.5) is 17.1 Å². The van der Waals surface area contributed by atoms with Crippen molar-refractivity contribution in [3.63, 3.8) is 0 Å². The maximum atomic E-state index is 12.8. The Bertz CT molecular complexity index is 1100. The number of sulfonamides is 1. The van der Waals surface area contributed by atoms with Crippen LogP contribution in [0.1, 0.15) is 43.7 Å². The molecule has 1 saturated heterocycles. The third-order valence-electron chi connectivity index (χ3n) is 5.37. The van der Waals surface area contributed by atoms with Crippen LogP contribution in [0.2, 0.25) is 0 Å². The molecule has 166 valence electrons. The largest absolute Gasteiger partial charge is 0.324 e. The molecule has 0 radical (unpaired) electrons. The fraction of sp³-hybridized carbons (Fsp3) is 0.391. The predicted octanol–water partition coefficient (Wildman–Crippen LogP) is 3.65. The van der Waals surface area contributed by atoms with Crippen LogP contribution in [0.3, 0.4) is 0 Å². The summed E-state index contributed by atoms with van der Waals surface area (Å²) in [6.07, 6.45) is 2.43. The standard InChI is InChI=1S/C23H29N3O4S/c1-16(2)19-8-5-6-9-20(19)26(31(4,29)30)15-22(27)24-18-12-11-17(3)21(14-18)25-13-7-10-23(25)28/h5-6,8-9,11-12,14,16H,7,10,13,15H2,1-4H3,(H,24,27). The third-order valence-corrected chi connectivity index (χ3v) is 6.50. The fourth-order valence-corrected chi connectivity index (χ4v) is 4.67. The number of amides is 2. The molecule has 8 heteroatoms. The molecule has 2 aromatic carbocycles. The molecular weight excluding hydrogens is 414 g/mol. The Morgan fingerprint density at radius 1 is 1.19 bits per heavy atom. The summed E-state index contributed by atoms with van der Waals surface area (Å²) in [6.45, 7) is 6.19. The summed E-state index contributed by atoms with van der Waals surface area (Å²) < 4.78 is 26.1. The summed E-state index contributed by atoms with van der Waals surface area (Å²) in [4.78, 5) is 26.7. The molecule has 2 amide bonds. The van der Waals surface area contributed by atoms with Gasteiger partial charge in [-0.25, -0.2) is 8.42 Å². The van der Waals surface area contributed by atoms with Gasteiger partial charge in [0.25, 0.3) is 0 Å². The van der Waals surface area contributed by atoms with Crippen molar-refractivity contribution in [3.8, 4) is 0 Å². The highest BCUT2D eigenvalue weighted by Crippen LogP contribution is 2.30. The van der Waals surface area contributed by atoms with Gasteiger partial charge in [0.15, 0.2) is 0 Å². The zero-order valence-electron chi connectivity index (χ0n) is 18.4. The molecule has 3 rings (SSSR count). The number of aryl methyl sites for hydroxylation is 1. The van der Waals surface area contributed by atoms with E-state index < -0.39 is 15.9 Å². The molecule has 0 atom stereocenters. The smallest absolute Gasteiger partial charge is 0.245 e. The molecule has 0 spiro atoms. The molecule has 0 aliphatic carbocycles. The second-order valence-electron chi connectivity index (χ2n) is 8.18. The number of hydrogen-bond acceptors (Lipinski definition) is 4. The Labute approximate surface area is 184 Å². The van der Waals surface area contributed by atoms with Gasteiger partial charge in [-0.2, -0.15) is 0 Å². The van der Waals surface area contributed by atoms with Crippen LogP contribution in [0.25, 0.3) is 0 Å². The molecular formula is C23H29N3O4S. The highest BCUT2D eigenvalue weighted by atomic mass is 32.2. The lowest BCUT2D eigenvalue weighted by molar-refractivity contribution is -0.117. The maximum Gasteiger partial charge on any atom is 0.245 e. The van der Waals surface area contributed by atoms with Crippen molar-refractivity contribution in [1.29, 1.82) is 0 Å². The van der Waals surface area contributed by atoms with Gasteiger partial charge >= 0.3 is 0 Å². The first-order chi connectivity index (χ1) is 14.6. The Morgan fingerprint density at radius 3 is 2.52 bits per heavy atom. The average Bonchev–Trinajstić information content (AvgIpc) is 3.12. The quantitative estimate of drug-likeness (QED) is 0.708. The van der Waals surface area contributed by atoms with Crippen molar-refractivity contribution < 1.29 is 18.0 Å². The lowest BCUT2D eigenvalue weighted by atomic mass is 10.0. The second kappa shape index (κ2) is 9.09. The van der Waals surface area contributed by atoms with Crippen LogP contribution in [-0.4, -0.2) is 39.6 Å². The molecule has 1 aliphatic rings. The first kappa shape index (κ1) is 22.8. The van der Waals surface area contributed by atoms with Gasteiger partial charge in [0.1, 0.15) is 6.54 Å². The lowest BCUT2D eigenvalue weighted by Crippen LogP contribution is -2.38. The molecule has 0 bridgehead atoms. The molecule has 0 unspecified atom stereocenters. The van der Waals surface area contributed by atoms with Crippen LogP contribution in [-0.2, 0) is 19.6 Å². The topological polar surface area (TPSA) is 86.8 Å². The summed E-state index contributed by atoms with van der Waals surface area (Å²) in [5.41, 5.74) is 3.59. The number of hydrogen-bond donors (Lipinski definition) is 1. The molecule has 0 aromatic heterocycles. The summed E-state index contributed by atoms with van der Waals surface area (Å²) >= 11 is 0. The van der Waals surface area contributed by atoms with Gasteiger partial charge in [-0.3, -0.25) is 13.9 Å². The maximum absolute atomic E-state index is 12.8. The molecule has 2 aromatic rings. The van der Waals surface area contributed by atoms with Gasteiger partial charge in [0.2, 0.25) is 21.8 Å². The van der Waals surface area contributed by atoms with Crippen LogP contribution in [0.15, 0.2) is 42.5 Å². The Hall–Kier alpha value is -2.87. The highest BCUT2D eigenvalue weighted by Gasteiger charge is 2.25. The molecule has 7 nitrogen and oxygen atoms in total. The zero-order valence-corrected chi connectivity index (χ0v) is 19.2. The van der Waals surface area contributed by atoms with E-state index in [2.05, 4.69) is 5.32 Å². The molecule has 1 aliphatic heterocycles. The Balaban J connectivity index is 1.84. The van der Waals surface area contributed by atoms with Gasteiger partial charge in [0.05, 0.1) is 11.9 Å². The van der Waals surface area contributed by atoms with Crippen molar-refractivity contribution in [1.82, 2.24) is 0 Å². The van der Waals surface area contributed by atoms with E-state index in [4.69, 9.17) is 0 Å². The molecule has 0 saturated carbocycles. The number of benzene rings is 2. The zero-order chi connectivity index (χ0) is 22.8. The Morgan fingerprint density at radius 2 is 1.90 bits per heavy atom. The van der Waals surface area contributed by atoms with Crippen molar-refractivity contribution >= 4 is 38.9 Å². The van der Waals surface area contributed by atoms with Gasteiger partial charge in [-0.15, -0.1) is 0 Å². The normalized spacial score (nSPS) is 14.2. The highest BCUT2D eigenvalue weighted by molar-refractivity contribution is 7.92. The summed E-state index contributed by atoms with van der Waals surface area (Å²) in [6, 6.07) is 12.6.